The van der Waals surface area contributed by atoms with E-state index in [1.807, 2.05) is 24.3 Å². The molecule has 0 aliphatic rings. The number of benzene rings is 1. The number of halogens is 2. The van der Waals surface area contributed by atoms with Gasteiger partial charge in [-0.05, 0) is 29.2 Å². The van der Waals surface area contributed by atoms with Gasteiger partial charge in [-0.3, -0.25) is 13.6 Å². The first kappa shape index (κ1) is 18.8. The smallest absolute Gasteiger partial charge is 0.388 e. The number of aromatic nitrogens is 1. The average molecular weight is 315 g/mol. The van der Waals surface area contributed by atoms with Crippen molar-refractivity contribution in [2.45, 2.75) is 32.3 Å². The third-order valence-corrected chi connectivity index (χ3v) is 3.34. The summed E-state index contributed by atoms with van der Waals surface area (Å²) >= 11 is 0. The molecule has 23 heavy (non-hydrogen) atoms. The van der Waals surface area contributed by atoms with Crippen molar-refractivity contribution in [3.8, 4) is 6.07 Å². The Morgan fingerprint density at radius 2 is 1.74 bits per heavy atom. The highest BCUT2D eigenvalue weighted by atomic mass is 19.2. The zero-order valence-electron chi connectivity index (χ0n) is 13.1. The normalized spacial score (nSPS) is 11.2. The van der Waals surface area contributed by atoms with E-state index in [4.69, 9.17) is 5.26 Å². The van der Waals surface area contributed by atoms with Gasteiger partial charge in [0.05, 0.1) is 17.7 Å². The van der Waals surface area contributed by atoms with Crippen molar-refractivity contribution in [1.29, 1.82) is 5.26 Å². The van der Waals surface area contributed by atoms with Gasteiger partial charge in [-0.1, -0.05) is 38.1 Å². The summed E-state index contributed by atoms with van der Waals surface area (Å²) in [5.74, 6) is 0.482. The van der Waals surface area contributed by atoms with Crippen LogP contribution in [0.15, 0.2) is 42.6 Å². The summed E-state index contributed by atoms with van der Waals surface area (Å²) in [5.41, 5.74) is 3.42. The molecule has 1 unspecified atom stereocenters. The SMILES string of the molecule is CC(C)c1ccc(C(O)Cc2cc(C#N)ccn2)cc1.F[B]F. The quantitative estimate of drug-likeness (QED) is 0.873. The van der Waals surface area contributed by atoms with E-state index in [1.54, 1.807) is 18.3 Å². The fourth-order valence-corrected chi connectivity index (χ4v) is 2.08. The Hall–Kier alpha value is -2.26. The van der Waals surface area contributed by atoms with Crippen LogP contribution in [0.25, 0.3) is 0 Å². The number of hydrogen-bond acceptors (Lipinski definition) is 3. The summed E-state index contributed by atoms with van der Waals surface area (Å²) in [6, 6.07) is 13.4. The van der Waals surface area contributed by atoms with Crippen molar-refractivity contribution in [3.63, 3.8) is 0 Å². The Kier molecular flexibility index (Phi) is 7.93. The molecule has 119 valence electrons. The van der Waals surface area contributed by atoms with Crippen LogP contribution in [0.4, 0.5) is 8.63 Å². The first-order chi connectivity index (χ1) is 11.0. The van der Waals surface area contributed by atoms with Crippen LogP contribution in [0, 0.1) is 11.3 Å². The van der Waals surface area contributed by atoms with Gasteiger partial charge in [0.25, 0.3) is 0 Å². The molecule has 6 heteroatoms. The van der Waals surface area contributed by atoms with Crippen LogP contribution >= 0.6 is 0 Å². The third-order valence-electron chi connectivity index (χ3n) is 3.34. The van der Waals surface area contributed by atoms with Crippen molar-refractivity contribution in [3.05, 3.63) is 65.0 Å². The zero-order chi connectivity index (χ0) is 17.2. The maximum absolute atomic E-state index is 10.2. The van der Waals surface area contributed by atoms with E-state index in [0.717, 1.165) is 11.3 Å². The molecule has 0 aliphatic heterocycles. The molecule has 0 amide bonds. The Morgan fingerprint density at radius 1 is 1.17 bits per heavy atom. The summed E-state index contributed by atoms with van der Waals surface area (Å²) in [6.45, 7) is 4.28. The Morgan fingerprint density at radius 3 is 2.26 bits per heavy atom. The standard InChI is InChI=1S/C17H18N2O.BF2/c1-12(2)14-3-5-15(6-4-14)17(20)10-16-9-13(11-18)7-8-19-16;2-1-3/h3-9,12,17,20H,10H2,1-2H3;. The fourth-order valence-electron chi connectivity index (χ4n) is 2.08. The lowest BCUT2D eigenvalue weighted by Crippen LogP contribution is -2.04. The minimum atomic E-state index is -1.00. The van der Waals surface area contributed by atoms with E-state index < -0.39 is 13.9 Å². The predicted octanol–water partition coefficient (Wildman–Crippen LogP) is 3.81. The molecule has 3 nitrogen and oxygen atoms in total. The highest BCUT2D eigenvalue weighted by Crippen LogP contribution is 2.21. The third kappa shape index (κ3) is 6.17. The van der Waals surface area contributed by atoms with Gasteiger partial charge in [0, 0.05) is 18.3 Å². The van der Waals surface area contributed by atoms with Gasteiger partial charge in [0.2, 0.25) is 0 Å². The van der Waals surface area contributed by atoms with E-state index in [2.05, 4.69) is 24.9 Å². The molecular weight excluding hydrogens is 297 g/mol. The van der Waals surface area contributed by atoms with Crippen LogP contribution in [-0.2, 0) is 6.42 Å². The largest absolute Gasteiger partial charge is 0.577 e. The minimum absolute atomic E-state index is 0.413. The molecule has 0 aliphatic carbocycles. The van der Waals surface area contributed by atoms with Crippen LogP contribution in [0.3, 0.4) is 0 Å². The second kappa shape index (κ2) is 9.70. The second-order valence-corrected chi connectivity index (χ2v) is 5.27. The molecule has 0 fully saturated rings. The minimum Gasteiger partial charge on any atom is -0.388 e. The number of nitriles is 1. The number of aliphatic hydroxyl groups is 1. The summed E-state index contributed by atoms with van der Waals surface area (Å²) in [4.78, 5) is 4.19. The van der Waals surface area contributed by atoms with Crippen LogP contribution in [0.1, 0.15) is 48.3 Å². The first-order valence-electron chi connectivity index (χ1n) is 7.16. The summed E-state index contributed by atoms with van der Waals surface area (Å²) in [7, 11) is -1.00. The summed E-state index contributed by atoms with van der Waals surface area (Å²) in [6.07, 6.45) is 1.41. The monoisotopic (exact) mass is 315 g/mol. The molecule has 1 aromatic carbocycles. The van der Waals surface area contributed by atoms with Gasteiger partial charge >= 0.3 is 7.83 Å². The van der Waals surface area contributed by atoms with Gasteiger partial charge in [-0.2, -0.15) is 5.26 Å². The fraction of sp³-hybridized carbons (Fsp3) is 0.294. The molecule has 2 aromatic rings. The number of pyridine rings is 1. The summed E-state index contributed by atoms with van der Waals surface area (Å²) in [5, 5.41) is 19.1. The lowest BCUT2D eigenvalue weighted by molar-refractivity contribution is 0.177. The van der Waals surface area contributed by atoms with Crippen LogP contribution in [0.5, 0.6) is 0 Å². The van der Waals surface area contributed by atoms with Crippen molar-refractivity contribution < 1.29 is 13.7 Å². The number of rotatable bonds is 4. The molecule has 0 spiro atoms. The average Bonchev–Trinajstić information content (AvgIpc) is 2.56. The maximum Gasteiger partial charge on any atom is 0.577 e. The van der Waals surface area contributed by atoms with Crippen LogP contribution in [0.2, 0.25) is 0 Å². The van der Waals surface area contributed by atoms with Gasteiger partial charge in [-0.25, -0.2) is 0 Å². The molecular formula is C17H18BF2N2O. The van der Waals surface area contributed by atoms with Crippen molar-refractivity contribution in [2.24, 2.45) is 0 Å². The van der Waals surface area contributed by atoms with E-state index >= 15 is 0 Å². The zero-order valence-corrected chi connectivity index (χ0v) is 13.1. The molecule has 0 saturated carbocycles. The van der Waals surface area contributed by atoms with E-state index in [9.17, 15) is 13.7 Å². The van der Waals surface area contributed by atoms with Crippen molar-refractivity contribution >= 4 is 7.83 Å². The molecule has 1 aromatic heterocycles. The Bertz CT molecular complexity index is 642. The van der Waals surface area contributed by atoms with Crippen molar-refractivity contribution in [1.82, 2.24) is 4.98 Å². The molecule has 1 N–H and O–H groups in total. The van der Waals surface area contributed by atoms with Gasteiger partial charge in [0.1, 0.15) is 0 Å². The number of aliphatic hydroxyl groups excluding tert-OH is 1. The van der Waals surface area contributed by atoms with E-state index in [1.165, 1.54) is 5.56 Å². The Labute approximate surface area is 136 Å². The van der Waals surface area contributed by atoms with E-state index in [0.29, 0.717) is 17.9 Å². The van der Waals surface area contributed by atoms with Crippen molar-refractivity contribution in [2.75, 3.05) is 0 Å². The van der Waals surface area contributed by atoms with E-state index in [-0.39, 0.29) is 0 Å². The molecule has 0 saturated heterocycles. The number of nitrogens with zero attached hydrogens (tertiary/aromatic N) is 2. The topological polar surface area (TPSA) is 56.9 Å². The molecule has 2 rings (SSSR count). The lowest BCUT2D eigenvalue weighted by atomic mass is 9.98. The summed E-state index contributed by atoms with van der Waals surface area (Å²) < 4.78 is 19.0. The number of hydrogen-bond donors (Lipinski definition) is 1. The van der Waals surface area contributed by atoms with Gasteiger partial charge in [0.15, 0.2) is 0 Å². The van der Waals surface area contributed by atoms with Gasteiger partial charge < -0.3 is 5.11 Å². The molecule has 1 radical (unpaired) electrons. The Balaban J connectivity index is 0.000000816. The molecule has 0 bridgehead atoms. The van der Waals surface area contributed by atoms with Crippen LogP contribution < -0.4 is 0 Å². The lowest BCUT2D eigenvalue weighted by Gasteiger charge is -2.12. The predicted molar refractivity (Wildman–Crippen MR) is 86.1 cm³/mol. The highest BCUT2D eigenvalue weighted by Gasteiger charge is 2.10. The molecule has 1 atom stereocenters. The first-order valence-corrected chi connectivity index (χ1v) is 7.16. The van der Waals surface area contributed by atoms with Gasteiger partial charge in [-0.15, -0.1) is 0 Å². The van der Waals surface area contributed by atoms with Crippen LogP contribution in [-0.4, -0.2) is 17.9 Å². The second-order valence-electron chi connectivity index (χ2n) is 5.27. The highest BCUT2D eigenvalue weighted by molar-refractivity contribution is 6.15. The maximum atomic E-state index is 10.2. The molecule has 1 heterocycles.